The molecule has 0 unspecified atom stereocenters. The molecule has 0 radical (unpaired) electrons. The Morgan fingerprint density at radius 2 is 1.89 bits per heavy atom. The van der Waals surface area contributed by atoms with Crippen LogP contribution in [-0.2, 0) is 4.74 Å². The van der Waals surface area contributed by atoms with Crippen LogP contribution in [0.5, 0.6) is 11.5 Å². The molecule has 2 N–H and O–H groups in total. The molecule has 0 saturated heterocycles. The highest BCUT2D eigenvalue weighted by atomic mass is 79.9. The smallest absolute Gasteiger partial charge is 0.257 e. The second-order valence-corrected chi connectivity index (χ2v) is 6.82. The van der Waals surface area contributed by atoms with Crippen LogP contribution in [0.15, 0.2) is 46.9 Å². The van der Waals surface area contributed by atoms with E-state index in [9.17, 15) is 4.79 Å². The third-order valence-electron chi connectivity index (χ3n) is 3.51. The Morgan fingerprint density at radius 1 is 1.07 bits per heavy atom. The maximum Gasteiger partial charge on any atom is 0.257 e. The average Bonchev–Trinajstić information content (AvgIpc) is 2.67. The van der Waals surface area contributed by atoms with E-state index in [2.05, 4.69) is 26.6 Å². The zero-order valence-electron chi connectivity index (χ0n) is 15.8. The predicted molar refractivity (Wildman–Crippen MR) is 117 cm³/mol. The Balaban J connectivity index is 1.91. The van der Waals surface area contributed by atoms with Gasteiger partial charge in [0.15, 0.2) is 5.11 Å². The summed E-state index contributed by atoms with van der Waals surface area (Å²) in [6, 6.07) is 12.4. The maximum absolute atomic E-state index is 12.4. The van der Waals surface area contributed by atoms with Crippen molar-refractivity contribution in [3.63, 3.8) is 0 Å². The molecule has 0 bridgehead atoms. The van der Waals surface area contributed by atoms with Crippen LogP contribution >= 0.6 is 28.1 Å². The van der Waals surface area contributed by atoms with Crippen LogP contribution in [0.3, 0.4) is 0 Å². The number of anilines is 1. The van der Waals surface area contributed by atoms with Crippen LogP contribution in [0.1, 0.15) is 24.2 Å². The minimum atomic E-state index is -0.314. The van der Waals surface area contributed by atoms with Crippen molar-refractivity contribution in [2.45, 2.75) is 13.8 Å². The average molecular weight is 467 g/mol. The highest BCUT2D eigenvalue weighted by Gasteiger charge is 2.11. The Labute approximate surface area is 178 Å². The van der Waals surface area contributed by atoms with E-state index in [4.69, 9.17) is 26.4 Å². The molecule has 2 rings (SSSR count). The molecule has 0 aliphatic carbocycles. The summed E-state index contributed by atoms with van der Waals surface area (Å²) >= 11 is 8.64. The summed E-state index contributed by atoms with van der Waals surface area (Å²) < 4.78 is 17.0. The molecule has 2 aromatic carbocycles. The fraction of sp³-hybridized carbons (Fsp3) is 0.300. The summed E-state index contributed by atoms with van der Waals surface area (Å²) in [5, 5.41) is 5.84. The summed E-state index contributed by atoms with van der Waals surface area (Å²) in [5.74, 6) is 1.06. The van der Waals surface area contributed by atoms with Gasteiger partial charge in [0, 0.05) is 23.9 Å². The van der Waals surface area contributed by atoms with Gasteiger partial charge in [0.2, 0.25) is 0 Å². The SMILES string of the molecule is CCOCCOc1cccc(NC(=S)NC(=O)c2ccc(OCC)c(Br)c2)c1. The minimum Gasteiger partial charge on any atom is -0.493 e. The minimum absolute atomic E-state index is 0.196. The molecule has 0 atom stereocenters. The van der Waals surface area contributed by atoms with Crippen molar-refractivity contribution >= 4 is 44.9 Å². The van der Waals surface area contributed by atoms with E-state index in [1.165, 1.54) is 0 Å². The van der Waals surface area contributed by atoms with Gasteiger partial charge in [-0.3, -0.25) is 10.1 Å². The molecule has 0 saturated carbocycles. The Hall–Kier alpha value is -2.16. The number of rotatable bonds is 9. The van der Waals surface area contributed by atoms with Gasteiger partial charge in [0.1, 0.15) is 18.1 Å². The summed E-state index contributed by atoms with van der Waals surface area (Å²) in [5.41, 5.74) is 1.18. The monoisotopic (exact) mass is 466 g/mol. The Kier molecular flexibility index (Phi) is 9.19. The zero-order valence-corrected chi connectivity index (χ0v) is 18.2. The molecule has 2 aromatic rings. The van der Waals surface area contributed by atoms with Crippen molar-refractivity contribution in [1.29, 1.82) is 0 Å². The lowest BCUT2D eigenvalue weighted by molar-refractivity contribution is 0.0977. The molecule has 8 heteroatoms. The summed E-state index contributed by atoms with van der Waals surface area (Å²) in [7, 11) is 0. The number of ether oxygens (including phenoxy) is 3. The molecule has 0 spiro atoms. The van der Waals surface area contributed by atoms with E-state index in [1.54, 1.807) is 24.3 Å². The largest absolute Gasteiger partial charge is 0.493 e. The third kappa shape index (κ3) is 7.10. The second kappa shape index (κ2) is 11.6. The molecule has 1 amide bonds. The molecule has 150 valence electrons. The Morgan fingerprint density at radius 3 is 2.61 bits per heavy atom. The summed E-state index contributed by atoms with van der Waals surface area (Å²) in [6.45, 7) is 6.03. The van der Waals surface area contributed by atoms with Crippen LogP contribution in [-0.4, -0.2) is 37.4 Å². The number of carbonyl (C=O) groups is 1. The molecule has 6 nitrogen and oxygen atoms in total. The van der Waals surface area contributed by atoms with Crippen LogP contribution in [0, 0.1) is 0 Å². The lowest BCUT2D eigenvalue weighted by atomic mass is 10.2. The van der Waals surface area contributed by atoms with Gasteiger partial charge < -0.3 is 19.5 Å². The number of benzene rings is 2. The van der Waals surface area contributed by atoms with Crippen molar-refractivity contribution in [1.82, 2.24) is 5.32 Å². The molecular formula is C20H23BrN2O4S. The zero-order chi connectivity index (χ0) is 20.4. The van der Waals surface area contributed by atoms with Gasteiger partial charge in [-0.05, 0) is 72.3 Å². The molecule has 0 aromatic heterocycles. The number of nitrogens with one attached hydrogen (secondary N) is 2. The van der Waals surface area contributed by atoms with Crippen LogP contribution in [0.25, 0.3) is 0 Å². The first-order chi connectivity index (χ1) is 13.5. The molecular weight excluding hydrogens is 444 g/mol. The number of carbonyl (C=O) groups excluding carboxylic acids is 1. The number of halogens is 1. The molecule has 0 fully saturated rings. The van der Waals surface area contributed by atoms with Gasteiger partial charge in [0.25, 0.3) is 5.91 Å². The van der Waals surface area contributed by atoms with Crippen molar-refractivity contribution in [2.24, 2.45) is 0 Å². The lowest BCUT2D eigenvalue weighted by Crippen LogP contribution is -2.34. The quantitative estimate of drug-likeness (QED) is 0.421. The first-order valence-electron chi connectivity index (χ1n) is 8.88. The van der Waals surface area contributed by atoms with Crippen molar-refractivity contribution in [3.8, 4) is 11.5 Å². The molecule has 0 aliphatic heterocycles. The fourth-order valence-corrected chi connectivity index (χ4v) is 2.98. The van der Waals surface area contributed by atoms with Gasteiger partial charge in [-0.15, -0.1) is 0 Å². The van der Waals surface area contributed by atoms with Gasteiger partial charge in [-0.25, -0.2) is 0 Å². The van der Waals surface area contributed by atoms with Crippen molar-refractivity contribution in [2.75, 3.05) is 31.7 Å². The van der Waals surface area contributed by atoms with Crippen molar-refractivity contribution < 1.29 is 19.0 Å². The highest BCUT2D eigenvalue weighted by molar-refractivity contribution is 9.10. The number of hydrogen-bond donors (Lipinski definition) is 2. The van der Waals surface area contributed by atoms with E-state index in [-0.39, 0.29) is 11.0 Å². The highest BCUT2D eigenvalue weighted by Crippen LogP contribution is 2.26. The van der Waals surface area contributed by atoms with Gasteiger partial charge in [-0.2, -0.15) is 0 Å². The summed E-state index contributed by atoms with van der Waals surface area (Å²) in [6.07, 6.45) is 0. The van der Waals surface area contributed by atoms with E-state index in [0.29, 0.717) is 53.7 Å². The first kappa shape index (κ1) is 22.1. The standard InChI is InChI=1S/C20H23BrN2O4S/c1-3-25-10-11-27-16-7-5-6-15(13-16)22-20(28)23-19(24)14-8-9-18(26-4-2)17(21)12-14/h5-9,12-13H,3-4,10-11H2,1-2H3,(H2,22,23,24,28). The predicted octanol–water partition coefficient (Wildman–Crippen LogP) is 4.39. The number of amides is 1. The van der Waals surface area contributed by atoms with E-state index in [1.807, 2.05) is 32.0 Å². The molecule has 0 aliphatic rings. The lowest BCUT2D eigenvalue weighted by Gasteiger charge is -2.12. The molecule has 28 heavy (non-hydrogen) atoms. The normalized spacial score (nSPS) is 10.2. The number of thiocarbonyl (C=S) groups is 1. The molecule has 0 heterocycles. The van der Waals surface area contributed by atoms with E-state index >= 15 is 0 Å². The van der Waals surface area contributed by atoms with Gasteiger partial charge >= 0.3 is 0 Å². The van der Waals surface area contributed by atoms with Gasteiger partial charge in [-0.1, -0.05) is 6.07 Å². The number of hydrogen-bond acceptors (Lipinski definition) is 5. The van der Waals surface area contributed by atoms with Crippen molar-refractivity contribution in [3.05, 3.63) is 52.5 Å². The van der Waals surface area contributed by atoms with E-state index in [0.717, 1.165) is 0 Å². The Bertz CT molecular complexity index is 817. The third-order valence-corrected chi connectivity index (χ3v) is 4.34. The van der Waals surface area contributed by atoms with E-state index < -0.39 is 0 Å². The maximum atomic E-state index is 12.4. The fourth-order valence-electron chi connectivity index (χ4n) is 2.28. The first-order valence-corrected chi connectivity index (χ1v) is 10.1. The van der Waals surface area contributed by atoms with Crippen LogP contribution in [0.2, 0.25) is 0 Å². The van der Waals surface area contributed by atoms with Crippen LogP contribution in [0.4, 0.5) is 5.69 Å². The summed E-state index contributed by atoms with van der Waals surface area (Å²) in [4.78, 5) is 12.4. The topological polar surface area (TPSA) is 68.8 Å². The second-order valence-electron chi connectivity index (χ2n) is 5.56. The van der Waals surface area contributed by atoms with Crippen LogP contribution < -0.4 is 20.1 Å². The van der Waals surface area contributed by atoms with Gasteiger partial charge in [0.05, 0.1) is 17.7 Å².